The quantitative estimate of drug-likeness (QED) is 0.529. The van der Waals surface area contributed by atoms with Gasteiger partial charge in [-0.25, -0.2) is 9.78 Å². The SMILES string of the molecule is Cc1nc(-c2cccc(C(=O)N[C@H]3C[C@@H](C(=O)Nc4nc(C)c(C(=O)O)s4)C3)c2)no1. The number of carbonyl (C=O) groups excluding carboxylic acids is 2. The van der Waals surface area contributed by atoms with Crippen LogP contribution < -0.4 is 10.6 Å². The number of aromatic nitrogens is 3. The van der Waals surface area contributed by atoms with Crippen LogP contribution in [0.2, 0.25) is 0 Å². The van der Waals surface area contributed by atoms with Gasteiger partial charge in [-0.15, -0.1) is 0 Å². The third-order valence-corrected chi connectivity index (χ3v) is 6.04. The Hall–Kier alpha value is -3.60. The van der Waals surface area contributed by atoms with Gasteiger partial charge in [-0.05, 0) is 31.9 Å². The number of thiazole rings is 1. The highest BCUT2D eigenvalue weighted by atomic mass is 32.1. The minimum absolute atomic E-state index is 0.104. The lowest BCUT2D eigenvalue weighted by Crippen LogP contribution is -2.48. The summed E-state index contributed by atoms with van der Waals surface area (Å²) < 4.78 is 4.97. The summed E-state index contributed by atoms with van der Waals surface area (Å²) in [5, 5.41) is 18.8. The molecule has 1 aromatic carbocycles. The Morgan fingerprint density at radius 3 is 2.61 bits per heavy atom. The number of carboxylic acid groups (broad SMARTS) is 1. The molecule has 1 aliphatic carbocycles. The monoisotopic (exact) mass is 441 g/mol. The third-order valence-electron chi connectivity index (χ3n) is 4.98. The minimum atomic E-state index is -1.07. The highest BCUT2D eigenvalue weighted by Gasteiger charge is 2.36. The predicted molar refractivity (Wildman–Crippen MR) is 111 cm³/mol. The number of nitrogens with zero attached hydrogens (tertiary/aromatic N) is 3. The molecule has 10 nitrogen and oxygen atoms in total. The number of hydrogen-bond donors (Lipinski definition) is 3. The fourth-order valence-corrected chi connectivity index (χ4v) is 4.10. The van der Waals surface area contributed by atoms with Crippen LogP contribution in [0.3, 0.4) is 0 Å². The van der Waals surface area contributed by atoms with Crippen molar-refractivity contribution in [1.82, 2.24) is 20.4 Å². The number of aromatic carboxylic acids is 1. The van der Waals surface area contributed by atoms with Crippen LogP contribution in [0.4, 0.5) is 5.13 Å². The zero-order chi connectivity index (χ0) is 22.1. The summed E-state index contributed by atoms with van der Waals surface area (Å²) in [6.45, 7) is 3.27. The molecular formula is C20H19N5O5S. The summed E-state index contributed by atoms with van der Waals surface area (Å²) in [6, 6.07) is 6.80. The molecule has 0 spiro atoms. The molecule has 0 saturated heterocycles. The van der Waals surface area contributed by atoms with Gasteiger partial charge in [-0.1, -0.05) is 28.6 Å². The topological polar surface area (TPSA) is 147 Å². The molecule has 0 aliphatic heterocycles. The second-order valence-electron chi connectivity index (χ2n) is 7.28. The maximum atomic E-state index is 12.6. The first-order valence-electron chi connectivity index (χ1n) is 9.53. The Morgan fingerprint density at radius 2 is 1.97 bits per heavy atom. The van der Waals surface area contributed by atoms with Gasteiger partial charge in [-0.2, -0.15) is 4.98 Å². The maximum Gasteiger partial charge on any atom is 0.347 e. The average molecular weight is 441 g/mol. The van der Waals surface area contributed by atoms with Crippen molar-refractivity contribution in [2.45, 2.75) is 32.7 Å². The van der Waals surface area contributed by atoms with E-state index >= 15 is 0 Å². The number of carboxylic acids is 1. The van der Waals surface area contributed by atoms with Crippen molar-refractivity contribution in [3.63, 3.8) is 0 Å². The summed E-state index contributed by atoms with van der Waals surface area (Å²) in [7, 11) is 0. The molecule has 0 unspecified atom stereocenters. The van der Waals surface area contributed by atoms with Gasteiger partial charge in [0.1, 0.15) is 4.88 Å². The van der Waals surface area contributed by atoms with Crippen molar-refractivity contribution >= 4 is 34.3 Å². The van der Waals surface area contributed by atoms with E-state index in [1.54, 1.807) is 38.1 Å². The second kappa shape index (κ2) is 8.26. The van der Waals surface area contributed by atoms with Crippen LogP contribution >= 0.6 is 11.3 Å². The lowest BCUT2D eigenvalue weighted by atomic mass is 9.79. The van der Waals surface area contributed by atoms with Gasteiger partial charge in [0.05, 0.1) is 5.69 Å². The molecule has 3 N–H and O–H groups in total. The van der Waals surface area contributed by atoms with Crippen molar-refractivity contribution in [2.24, 2.45) is 5.92 Å². The first kappa shape index (κ1) is 20.7. The van der Waals surface area contributed by atoms with E-state index < -0.39 is 5.97 Å². The minimum Gasteiger partial charge on any atom is -0.477 e. The number of aryl methyl sites for hydroxylation is 2. The van der Waals surface area contributed by atoms with Gasteiger partial charge < -0.3 is 20.3 Å². The zero-order valence-corrected chi connectivity index (χ0v) is 17.5. The van der Waals surface area contributed by atoms with Crippen molar-refractivity contribution in [3.8, 4) is 11.4 Å². The Kier molecular flexibility index (Phi) is 5.51. The van der Waals surface area contributed by atoms with Gasteiger partial charge in [0.15, 0.2) is 5.13 Å². The maximum absolute atomic E-state index is 12.6. The molecule has 31 heavy (non-hydrogen) atoms. The molecule has 2 amide bonds. The second-order valence-corrected chi connectivity index (χ2v) is 8.28. The zero-order valence-electron chi connectivity index (χ0n) is 16.7. The first-order valence-corrected chi connectivity index (χ1v) is 10.3. The van der Waals surface area contributed by atoms with Crippen LogP contribution in [0.25, 0.3) is 11.4 Å². The summed E-state index contributed by atoms with van der Waals surface area (Å²) in [6.07, 6.45) is 0.995. The molecule has 3 aromatic rings. The first-order chi connectivity index (χ1) is 14.8. The van der Waals surface area contributed by atoms with E-state index in [2.05, 4.69) is 25.8 Å². The number of carbonyl (C=O) groups is 3. The molecule has 0 radical (unpaired) electrons. The molecule has 1 fully saturated rings. The van der Waals surface area contributed by atoms with Crippen LogP contribution in [0.1, 0.15) is 44.5 Å². The van der Waals surface area contributed by atoms with E-state index in [4.69, 9.17) is 9.63 Å². The van der Waals surface area contributed by atoms with Crippen LogP contribution in [-0.4, -0.2) is 44.1 Å². The molecule has 0 atom stereocenters. The smallest absolute Gasteiger partial charge is 0.347 e. The van der Waals surface area contributed by atoms with Gasteiger partial charge in [0, 0.05) is 30.0 Å². The van der Waals surface area contributed by atoms with E-state index in [1.807, 2.05) is 0 Å². The summed E-state index contributed by atoms with van der Waals surface area (Å²) in [4.78, 5) is 44.4. The van der Waals surface area contributed by atoms with Gasteiger partial charge in [-0.3, -0.25) is 9.59 Å². The molecular weight excluding hydrogens is 422 g/mol. The summed E-state index contributed by atoms with van der Waals surface area (Å²) in [5.41, 5.74) is 1.51. The van der Waals surface area contributed by atoms with E-state index in [0.717, 1.165) is 11.3 Å². The van der Waals surface area contributed by atoms with Gasteiger partial charge >= 0.3 is 5.97 Å². The number of rotatable bonds is 6. The Balaban J connectivity index is 1.31. The number of nitrogens with one attached hydrogen (secondary N) is 2. The predicted octanol–water partition coefficient (Wildman–Crippen LogP) is 2.66. The fraction of sp³-hybridized carbons (Fsp3) is 0.300. The Bertz CT molecular complexity index is 1160. The molecule has 160 valence electrons. The van der Waals surface area contributed by atoms with Crippen molar-refractivity contribution in [2.75, 3.05) is 5.32 Å². The standard InChI is InChI=1S/C20H19N5O5S/c1-9-15(19(28)29)31-20(21-9)24-18(27)13-7-14(8-13)23-17(26)12-5-3-4-11(6-12)16-22-10(2)30-25-16/h3-6,13-14H,7-8H2,1-2H3,(H,23,26)(H,28,29)(H,21,24,27)/t13-,14+. The van der Waals surface area contributed by atoms with Crippen LogP contribution in [0.5, 0.6) is 0 Å². The highest BCUT2D eigenvalue weighted by molar-refractivity contribution is 7.17. The van der Waals surface area contributed by atoms with E-state index in [1.165, 1.54) is 0 Å². The number of hydrogen-bond acceptors (Lipinski definition) is 8. The molecule has 1 saturated carbocycles. The van der Waals surface area contributed by atoms with Crippen LogP contribution in [0, 0.1) is 19.8 Å². The van der Waals surface area contributed by atoms with Gasteiger partial charge in [0.25, 0.3) is 5.91 Å². The van der Waals surface area contributed by atoms with Crippen LogP contribution in [0.15, 0.2) is 28.8 Å². The number of anilines is 1. The Morgan fingerprint density at radius 1 is 1.19 bits per heavy atom. The van der Waals surface area contributed by atoms with E-state index in [-0.39, 0.29) is 33.8 Å². The van der Waals surface area contributed by atoms with E-state index in [0.29, 0.717) is 41.4 Å². The number of amides is 2. The van der Waals surface area contributed by atoms with Crippen molar-refractivity contribution in [1.29, 1.82) is 0 Å². The summed E-state index contributed by atoms with van der Waals surface area (Å²) in [5.74, 6) is -0.957. The molecule has 0 bridgehead atoms. The molecule has 4 rings (SSSR count). The largest absolute Gasteiger partial charge is 0.477 e. The molecule has 2 aromatic heterocycles. The van der Waals surface area contributed by atoms with E-state index in [9.17, 15) is 14.4 Å². The van der Waals surface area contributed by atoms with Gasteiger partial charge in [0.2, 0.25) is 17.6 Å². The summed E-state index contributed by atoms with van der Waals surface area (Å²) >= 11 is 0.928. The molecule has 11 heteroatoms. The fourth-order valence-electron chi connectivity index (χ4n) is 3.29. The van der Waals surface area contributed by atoms with Crippen LogP contribution in [-0.2, 0) is 4.79 Å². The molecule has 2 heterocycles. The lowest BCUT2D eigenvalue weighted by Gasteiger charge is -2.34. The van der Waals surface area contributed by atoms with Crippen molar-refractivity contribution < 1.29 is 24.0 Å². The van der Waals surface area contributed by atoms with Crippen molar-refractivity contribution in [3.05, 3.63) is 46.3 Å². The number of benzene rings is 1. The Labute approximate surface area is 180 Å². The normalized spacial score (nSPS) is 17.6. The highest BCUT2D eigenvalue weighted by Crippen LogP contribution is 2.30. The third kappa shape index (κ3) is 4.45. The average Bonchev–Trinajstić information content (AvgIpc) is 3.29. The lowest BCUT2D eigenvalue weighted by molar-refractivity contribution is -0.122. The molecule has 1 aliphatic rings.